The Morgan fingerprint density at radius 2 is 1.72 bits per heavy atom. The van der Waals surface area contributed by atoms with Crippen molar-refractivity contribution in [3.63, 3.8) is 0 Å². The Morgan fingerprint density at radius 3 is 2.32 bits per heavy atom. The molecule has 1 saturated heterocycles. The Labute approximate surface area is 145 Å². The molecule has 25 heavy (non-hydrogen) atoms. The number of piperazine rings is 1. The summed E-state index contributed by atoms with van der Waals surface area (Å²) in [6, 6.07) is 5.54. The smallest absolute Gasteiger partial charge is 0.253 e. The average Bonchev–Trinajstić information content (AvgIpc) is 3.05. The van der Waals surface area contributed by atoms with Crippen LogP contribution in [0, 0.1) is 5.82 Å². The van der Waals surface area contributed by atoms with Gasteiger partial charge in [-0.2, -0.15) is 5.10 Å². The number of hydrogen-bond acceptors (Lipinski definition) is 3. The highest BCUT2D eigenvalue weighted by Gasteiger charge is 2.24. The number of rotatable bonds is 4. The molecular weight excluding hydrogens is 323 g/mol. The number of nitrogens with zero attached hydrogens (tertiary/aromatic N) is 4. The second-order valence-corrected chi connectivity index (χ2v) is 6.20. The van der Waals surface area contributed by atoms with E-state index >= 15 is 0 Å². The van der Waals surface area contributed by atoms with E-state index in [4.69, 9.17) is 0 Å². The van der Waals surface area contributed by atoms with Crippen molar-refractivity contribution in [2.75, 3.05) is 26.2 Å². The van der Waals surface area contributed by atoms with Gasteiger partial charge in [0.15, 0.2) is 0 Å². The first-order chi connectivity index (χ1) is 12.0. The van der Waals surface area contributed by atoms with Crippen molar-refractivity contribution in [3.8, 4) is 0 Å². The van der Waals surface area contributed by atoms with Crippen LogP contribution in [-0.2, 0) is 18.3 Å². The van der Waals surface area contributed by atoms with Gasteiger partial charge in [-0.1, -0.05) is 0 Å². The van der Waals surface area contributed by atoms with Crippen LogP contribution in [0.15, 0.2) is 36.7 Å². The number of carbonyl (C=O) groups is 2. The topological polar surface area (TPSA) is 58.4 Å². The highest BCUT2D eigenvalue weighted by atomic mass is 19.1. The summed E-state index contributed by atoms with van der Waals surface area (Å²) in [7, 11) is 1.85. The van der Waals surface area contributed by atoms with Crippen LogP contribution >= 0.6 is 0 Å². The molecule has 2 heterocycles. The number of benzene rings is 1. The lowest BCUT2D eigenvalue weighted by Crippen LogP contribution is -2.50. The van der Waals surface area contributed by atoms with Crippen molar-refractivity contribution in [3.05, 3.63) is 53.6 Å². The predicted octanol–water partition coefficient (Wildman–Crippen LogP) is 1.48. The Bertz CT molecular complexity index is 749. The molecule has 0 spiro atoms. The quantitative estimate of drug-likeness (QED) is 0.844. The predicted molar refractivity (Wildman–Crippen MR) is 90.4 cm³/mol. The van der Waals surface area contributed by atoms with Crippen molar-refractivity contribution in [2.24, 2.45) is 7.05 Å². The fourth-order valence-electron chi connectivity index (χ4n) is 2.94. The van der Waals surface area contributed by atoms with Crippen molar-refractivity contribution in [1.29, 1.82) is 0 Å². The first kappa shape index (κ1) is 17.1. The third kappa shape index (κ3) is 4.23. The van der Waals surface area contributed by atoms with Crippen LogP contribution in [0.25, 0.3) is 0 Å². The molecule has 0 aliphatic carbocycles. The SMILES string of the molecule is Cn1cc(CCC(=O)N2CCN(C(=O)c3ccc(F)cc3)CC2)cn1. The van der Waals surface area contributed by atoms with Gasteiger partial charge >= 0.3 is 0 Å². The summed E-state index contributed by atoms with van der Waals surface area (Å²) in [5, 5.41) is 4.09. The van der Waals surface area contributed by atoms with Crippen LogP contribution < -0.4 is 0 Å². The van der Waals surface area contributed by atoms with Crippen LogP contribution in [-0.4, -0.2) is 57.6 Å². The molecule has 0 N–H and O–H groups in total. The van der Waals surface area contributed by atoms with Crippen molar-refractivity contribution in [2.45, 2.75) is 12.8 Å². The molecule has 0 radical (unpaired) electrons. The van der Waals surface area contributed by atoms with Crippen LogP contribution in [0.4, 0.5) is 4.39 Å². The van der Waals surface area contributed by atoms with Gasteiger partial charge in [0, 0.05) is 51.4 Å². The molecule has 7 heteroatoms. The molecule has 1 aliphatic rings. The lowest BCUT2D eigenvalue weighted by atomic mass is 10.1. The van der Waals surface area contributed by atoms with Gasteiger partial charge in [0.2, 0.25) is 5.91 Å². The van der Waals surface area contributed by atoms with Gasteiger partial charge in [-0.3, -0.25) is 14.3 Å². The Balaban J connectivity index is 1.48. The van der Waals surface area contributed by atoms with Crippen LogP contribution in [0.2, 0.25) is 0 Å². The second kappa shape index (κ2) is 7.46. The third-order valence-corrected chi connectivity index (χ3v) is 4.40. The normalized spacial score (nSPS) is 14.6. The number of hydrogen-bond donors (Lipinski definition) is 0. The molecule has 3 rings (SSSR count). The first-order valence-corrected chi connectivity index (χ1v) is 8.33. The number of aryl methyl sites for hydroxylation is 2. The highest BCUT2D eigenvalue weighted by Crippen LogP contribution is 2.11. The maximum Gasteiger partial charge on any atom is 0.253 e. The van der Waals surface area contributed by atoms with Gasteiger partial charge in [-0.15, -0.1) is 0 Å². The fraction of sp³-hybridized carbons (Fsp3) is 0.389. The van der Waals surface area contributed by atoms with Gasteiger partial charge in [0.25, 0.3) is 5.91 Å². The summed E-state index contributed by atoms with van der Waals surface area (Å²) in [6.07, 6.45) is 4.79. The molecule has 1 fully saturated rings. The summed E-state index contributed by atoms with van der Waals surface area (Å²) < 4.78 is 14.7. The van der Waals surface area contributed by atoms with E-state index in [0.29, 0.717) is 44.6 Å². The number of amides is 2. The minimum atomic E-state index is -0.361. The van der Waals surface area contributed by atoms with E-state index in [2.05, 4.69) is 5.10 Å². The summed E-state index contributed by atoms with van der Waals surface area (Å²) >= 11 is 0. The number of aromatic nitrogens is 2. The van der Waals surface area contributed by atoms with E-state index in [1.807, 2.05) is 13.2 Å². The Kier molecular flexibility index (Phi) is 5.11. The van der Waals surface area contributed by atoms with Crippen LogP contribution in [0.5, 0.6) is 0 Å². The lowest BCUT2D eigenvalue weighted by molar-refractivity contribution is -0.132. The molecule has 1 aromatic heterocycles. The minimum absolute atomic E-state index is 0.0951. The van der Waals surface area contributed by atoms with E-state index in [0.717, 1.165) is 5.56 Å². The lowest BCUT2D eigenvalue weighted by Gasteiger charge is -2.35. The Morgan fingerprint density at radius 1 is 1.08 bits per heavy atom. The molecule has 0 bridgehead atoms. The second-order valence-electron chi connectivity index (χ2n) is 6.20. The van der Waals surface area contributed by atoms with Gasteiger partial charge in [-0.05, 0) is 36.2 Å². The van der Waals surface area contributed by atoms with Gasteiger partial charge < -0.3 is 9.80 Å². The molecule has 0 atom stereocenters. The molecule has 0 saturated carbocycles. The molecule has 1 aromatic carbocycles. The van der Waals surface area contributed by atoms with Gasteiger partial charge in [0.1, 0.15) is 5.82 Å². The maximum absolute atomic E-state index is 13.0. The monoisotopic (exact) mass is 344 g/mol. The molecule has 132 valence electrons. The van der Waals surface area contributed by atoms with Gasteiger partial charge in [-0.25, -0.2) is 4.39 Å². The molecule has 2 amide bonds. The zero-order valence-corrected chi connectivity index (χ0v) is 14.2. The van der Waals surface area contributed by atoms with Crippen LogP contribution in [0.1, 0.15) is 22.3 Å². The maximum atomic E-state index is 13.0. The minimum Gasteiger partial charge on any atom is -0.339 e. The third-order valence-electron chi connectivity index (χ3n) is 4.40. The van der Waals surface area contributed by atoms with Crippen molar-refractivity contribution >= 4 is 11.8 Å². The van der Waals surface area contributed by atoms with E-state index in [9.17, 15) is 14.0 Å². The zero-order chi connectivity index (χ0) is 17.8. The van der Waals surface area contributed by atoms with Crippen molar-refractivity contribution in [1.82, 2.24) is 19.6 Å². The number of halogens is 1. The summed E-state index contributed by atoms with van der Waals surface area (Å²) in [5.74, 6) is -0.388. The molecule has 2 aromatic rings. The molecule has 1 aliphatic heterocycles. The summed E-state index contributed by atoms with van der Waals surface area (Å²) in [4.78, 5) is 28.2. The zero-order valence-electron chi connectivity index (χ0n) is 14.2. The largest absolute Gasteiger partial charge is 0.339 e. The van der Waals surface area contributed by atoms with E-state index < -0.39 is 0 Å². The number of carbonyl (C=O) groups excluding carboxylic acids is 2. The highest BCUT2D eigenvalue weighted by molar-refractivity contribution is 5.94. The van der Waals surface area contributed by atoms with E-state index in [1.165, 1.54) is 24.3 Å². The van der Waals surface area contributed by atoms with Gasteiger partial charge in [0.05, 0.1) is 6.20 Å². The van der Waals surface area contributed by atoms with E-state index in [1.54, 1.807) is 20.7 Å². The molecule has 6 nitrogen and oxygen atoms in total. The Hall–Kier alpha value is -2.70. The molecule has 0 unspecified atom stereocenters. The molecular formula is C18H21FN4O2. The summed E-state index contributed by atoms with van der Waals surface area (Å²) in [5.41, 5.74) is 1.51. The standard InChI is InChI=1S/C18H21FN4O2/c1-21-13-14(12-20-21)2-7-17(24)22-8-10-23(11-9-22)18(25)15-3-5-16(19)6-4-15/h3-6,12-13H,2,7-11H2,1H3. The fourth-order valence-corrected chi connectivity index (χ4v) is 2.94. The van der Waals surface area contributed by atoms with Crippen LogP contribution in [0.3, 0.4) is 0 Å². The van der Waals surface area contributed by atoms with Crippen molar-refractivity contribution < 1.29 is 14.0 Å². The average molecular weight is 344 g/mol. The summed E-state index contributed by atoms with van der Waals surface area (Å²) in [6.45, 7) is 2.04. The first-order valence-electron chi connectivity index (χ1n) is 8.33. The van der Waals surface area contributed by atoms with E-state index in [-0.39, 0.29) is 17.6 Å².